The molecule has 3 N–H and O–H groups in total. The molecule has 3 aromatic rings. The van der Waals surface area contributed by atoms with Crippen LogP contribution in [0.1, 0.15) is 32.9 Å². The topological polar surface area (TPSA) is 76.7 Å². The molecule has 0 aliphatic carbocycles. The molecule has 2 heterocycles. The van der Waals surface area contributed by atoms with Gasteiger partial charge in [-0.1, -0.05) is 25.4 Å². The summed E-state index contributed by atoms with van der Waals surface area (Å²) >= 11 is 6.10. The Balaban J connectivity index is 0.000000924. The van der Waals surface area contributed by atoms with Crippen LogP contribution in [-0.4, -0.2) is 20.8 Å². The van der Waals surface area contributed by atoms with E-state index in [0.29, 0.717) is 22.5 Å². The van der Waals surface area contributed by atoms with Crippen molar-refractivity contribution in [2.75, 3.05) is 0 Å². The number of pyridine rings is 1. The lowest BCUT2D eigenvalue weighted by Crippen LogP contribution is -2.25. The van der Waals surface area contributed by atoms with Gasteiger partial charge in [-0.3, -0.25) is 9.89 Å². The summed E-state index contributed by atoms with van der Waals surface area (Å²) in [6.07, 6.45) is 0.736. The number of aryl methyl sites for hydroxylation is 2. The number of benzene rings is 1. The summed E-state index contributed by atoms with van der Waals surface area (Å²) in [6, 6.07) is 5.54. The zero-order valence-electron chi connectivity index (χ0n) is 14.0. The van der Waals surface area contributed by atoms with Gasteiger partial charge in [0.2, 0.25) is 0 Å². The summed E-state index contributed by atoms with van der Waals surface area (Å²) in [4.78, 5) is 12.8. The molecule has 0 amide bonds. The number of H-pyrrole nitrogens is 1. The van der Waals surface area contributed by atoms with Gasteiger partial charge in [0.1, 0.15) is 5.52 Å². The number of nitrogens with two attached hydrogens (primary N) is 1. The molecule has 1 aromatic carbocycles. The first-order valence-corrected chi connectivity index (χ1v) is 8.29. The maximum absolute atomic E-state index is 12.8. The van der Waals surface area contributed by atoms with Crippen LogP contribution in [0.4, 0.5) is 0 Å². The van der Waals surface area contributed by atoms with Crippen LogP contribution in [0, 0.1) is 6.92 Å². The van der Waals surface area contributed by atoms with E-state index in [-0.39, 0.29) is 11.6 Å². The highest BCUT2D eigenvalue weighted by atomic mass is 35.5. The van der Waals surface area contributed by atoms with E-state index in [1.165, 1.54) is 0 Å². The molecule has 0 fully saturated rings. The van der Waals surface area contributed by atoms with Crippen molar-refractivity contribution in [1.82, 2.24) is 14.8 Å². The van der Waals surface area contributed by atoms with Crippen LogP contribution in [0.15, 0.2) is 23.0 Å². The normalized spacial score (nSPS) is 12.3. The lowest BCUT2D eigenvalue weighted by Gasteiger charge is -2.13. The molecular formula is C17H23ClN4O. The minimum Gasteiger partial charge on any atom is -0.328 e. The number of nitrogens with one attached hydrogen (secondary N) is 1. The molecule has 0 saturated carbocycles. The summed E-state index contributed by atoms with van der Waals surface area (Å²) in [5.41, 5.74) is 8.07. The summed E-state index contributed by atoms with van der Waals surface area (Å²) < 4.78 is 1.76. The number of aromatic amines is 1. The van der Waals surface area contributed by atoms with Gasteiger partial charge in [0, 0.05) is 28.7 Å². The Morgan fingerprint density at radius 2 is 2.09 bits per heavy atom. The monoisotopic (exact) mass is 334 g/mol. The number of halogens is 1. The van der Waals surface area contributed by atoms with E-state index < -0.39 is 0 Å². The van der Waals surface area contributed by atoms with E-state index in [0.717, 1.165) is 23.0 Å². The SMILES string of the molecule is CC.Cc1[nH]nc2c1c(=O)n(CCC(C)N)c1ccc(Cl)cc21. The highest BCUT2D eigenvalue weighted by molar-refractivity contribution is 6.31. The minimum absolute atomic E-state index is 0.0354. The van der Waals surface area contributed by atoms with Crippen LogP contribution >= 0.6 is 11.6 Å². The second kappa shape index (κ2) is 7.15. The third-order valence-corrected chi connectivity index (χ3v) is 3.95. The highest BCUT2D eigenvalue weighted by Gasteiger charge is 2.15. The second-order valence-corrected chi connectivity index (χ2v) is 5.89. The highest BCUT2D eigenvalue weighted by Crippen LogP contribution is 2.25. The van der Waals surface area contributed by atoms with Gasteiger partial charge in [-0.25, -0.2) is 0 Å². The fourth-order valence-corrected chi connectivity index (χ4v) is 2.79. The number of fused-ring (bicyclic) bond motifs is 3. The van der Waals surface area contributed by atoms with Gasteiger partial charge in [-0.15, -0.1) is 0 Å². The van der Waals surface area contributed by atoms with Crippen molar-refractivity contribution < 1.29 is 0 Å². The van der Waals surface area contributed by atoms with Crippen LogP contribution < -0.4 is 11.3 Å². The van der Waals surface area contributed by atoms with Gasteiger partial charge in [0.15, 0.2) is 0 Å². The Morgan fingerprint density at radius 3 is 2.74 bits per heavy atom. The third kappa shape index (κ3) is 3.26. The quantitative estimate of drug-likeness (QED) is 0.768. The molecule has 2 aromatic heterocycles. The average molecular weight is 335 g/mol. The molecule has 23 heavy (non-hydrogen) atoms. The molecule has 0 bridgehead atoms. The minimum atomic E-state index is -0.0354. The molecule has 3 rings (SSSR count). The lowest BCUT2D eigenvalue weighted by molar-refractivity contribution is 0.573. The molecule has 0 radical (unpaired) electrons. The van der Waals surface area contributed by atoms with E-state index in [1.54, 1.807) is 10.6 Å². The van der Waals surface area contributed by atoms with Crippen molar-refractivity contribution in [2.24, 2.45) is 5.73 Å². The van der Waals surface area contributed by atoms with Crippen molar-refractivity contribution in [2.45, 2.75) is 46.7 Å². The number of hydrogen-bond donors (Lipinski definition) is 2. The van der Waals surface area contributed by atoms with Crippen LogP contribution in [-0.2, 0) is 6.54 Å². The Hall–Kier alpha value is -1.85. The largest absolute Gasteiger partial charge is 0.328 e. The van der Waals surface area contributed by atoms with E-state index in [9.17, 15) is 4.79 Å². The number of hydrogen-bond acceptors (Lipinski definition) is 3. The van der Waals surface area contributed by atoms with Gasteiger partial charge >= 0.3 is 0 Å². The Morgan fingerprint density at radius 1 is 1.39 bits per heavy atom. The lowest BCUT2D eigenvalue weighted by atomic mass is 10.1. The summed E-state index contributed by atoms with van der Waals surface area (Å²) in [6.45, 7) is 8.37. The van der Waals surface area contributed by atoms with Gasteiger partial charge in [-0.05, 0) is 38.5 Å². The molecule has 124 valence electrons. The molecular weight excluding hydrogens is 312 g/mol. The van der Waals surface area contributed by atoms with Crippen molar-refractivity contribution in [3.63, 3.8) is 0 Å². The zero-order valence-corrected chi connectivity index (χ0v) is 14.7. The maximum atomic E-state index is 12.8. The first-order chi connectivity index (χ1) is 11.0. The van der Waals surface area contributed by atoms with Crippen molar-refractivity contribution in [3.05, 3.63) is 39.3 Å². The van der Waals surface area contributed by atoms with Crippen molar-refractivity contribution in [1.29, 1.82) is 0 Å². The summed E-state index contributed by atoms with van der Waals surface area (Å²) in [7, 11) is 0. The molecule has 0 aliphatic heterocycles. The van der Waals surface area contributed by atoms with Crippen LogP contribution in [0.25, 0.3) is 21.8 Å². The Labute approximate surface area is 140 Å². The van der Waals surface area contributed by atoms with E-state index in [2.05, 4.69) is 10.2 Å². The smallest absolute Gasteiger partial charge is 0.262 e. The van der Waals surface area contributed by atoms with E-state index >= 15 is 0 Å². The first kappa shape index (κ1) is 17.5. The van der Waals surface area contributed by atoms with Gasteiger partial charge < -0.3 is 10.3 Å². The Bertz CT molecular complexity index is 880. The van der Waals surface area contributed by atoms with Crippen LogP contribution in [0.2, 0.25) is 5.02 Å². The van der Waals surface area contributed by atoms with Crippen molar-refractivity contribution >= 4 is 33.4 Å². The number of rotatable bonds is 3. The predicted octanol–water partition coefficient (Wildman–Crippen LogP) is 3.60. The first-order valence-electron chi connectivity index (χ1n) is 7.91. The second-order valence-electron chi connectivity index (χ2n) is 5.46. The molecule has 1 atom stereocenters. The fraction of sp³-hybridized carbons (Fsp3) is 0.412. The average Bonchev–Trinajstić information content (AvgIpc) is 2.92. The molecule has 0 saturated heterocycles. The summed E-state index contributed by atoms with van der Waals surface area (Å²) in [5, 5.41) is 9.28. The molecule has 5 nitrogen and oxygen atoms in total. The van der Waals surface area contributed by atoms with Gasteiger partial charge in [0.05, 0.1) is 10.9 Å². The molecule has 0 spiro atoms. The standard InChI is InChI=1S/C15H17ClN4O.C2H6/c1-8(17)5-6-20-12-4-3-10(16)7-11(12)14-13(15(20)21)9(2)18-19-14;1-2/h3-4,7-8H,5-6,17H2,1-2H3,(H,18,19);1-2H3. The zero-order chi connectivity index (χ0) is 17.1. The molecule has 1 unspecified atom stereocenters. The van der Waals surface area contributed by atoms with E-state index in [1.807, 2.05) is 39.8 Å². The molecule has 0 aliphatic rings. The maximum Gasteiger partial charge on any atom is 0.262 e. The number of nitrogens with zero attached hydrogens (tertiary/aromatic N) is 2. The van der Waals surface area contributed by atoms with Gasteiger partial charge in [0.25, 0.3) is 5.56 Å². The summed E-state index contributed by atoms with van der Waals surface area (Å²) in [5.74, 6) is 0. The fourth-order valence-electron chi connectivity index (χ4n) is 2.62. The third-order valence-electron chi connectivity index (χ3n) is 3.72. The number of aromatic nitrogens is 3. The predicted molar refractivity (Wildman–Crippen MR) is 97.2 cm³/mol. The van der Waals surface area contributed by atoms with Crippen molar-refractivity contribution in [3.8, 4) is 0 Å². The Kier molecular flexibility index (Phi) is 5.44. The van der Waals surface area contributed by atoms with Crippen LogP contribution in [0.5, 0.6) is 0 Å². The van der Waals surface area contributed by atoms with Crippen LogP contribution in [0.3, 0.4) is 0 Å². The van der Waals surface area contributed by atoms with Gasteiger partial charge in [-0.2, -0.15) is 5.10 Å². The van der Waals surface area contributed by atoms with E-state index in [4.69, 9.17) is 17.3 Å². The molecule has 6 heteroatoms.